The minimum Gasteiger partial charge on any atom is -0.369 e. The van der Waals surface area contributed by atoms with Crippen LogP contribution in [0.5, 0.6) is 0 Å². The van der Waals surface area contributed by atoms with Crippen LogP contribution in [0, 0.1) is 17.0 Å². The molecular weight excluding hydrogens is 354 g/mol. The van der Waals surface area contributed by atoms with Crippen LogP contribution >= 0.6 is 0 Å². The predicted octanol–water partition coefficient (Wildman–Crippen LogP) is 2.56. The predicted molar refractivity (Wildman–Crippen MR) is 101 cm³/mol. The minimum absolute atomic E-state index is 0.00477. The zero-order valence-electron chi connectivity index (χ0n) is 14.5. The average Bonchev–Trinajstić information content (AvgIpc) is 2.64. The van der Waals surface area contributed by atoms with E-state index < -0.39 is 14.9 Å². The Bertz CT molecular complexity index is 872. The van der Waals surface area contributed by atoms with Gasteiger partial charge in [-0.05, 0) is 24.6 Å². The van der Waals surface area contributed by atoms with Crippen LogP contribution < -0.4 is 4.90 Å². The smallest absolute Gasteiger partial charge is 0.269 e. The molecule has 0 amide bonds. The van der Waals surface area contributed by atoms with Crippen molar-refractivity contribution in [1.82, 2.24) is 4.31 Å². The van der Waals surface area contributed by atoms with Crippen LogP contribution in [0.15, 0.2) is 48.5 Å². The number of piperazine rings is 1. The Hall–Kier alpha value is -2.45. The summed E-state index contributed by atoms with van der Waals surface area (Å²) in [6.45, 7) is 3.90. The maximum atomic E-state index is 12.6. The fraction of sp³-hybridized carbons (Fsp3) is 0.333. The van der Waals surface area contributed by atoms with Gasteiger partial charge in [0.15, 0.2) is 0 Å². The van der Waals surface area contributed by atoms with E-state index in [2.05, 4.69) is 0 Å². The Morgan fingerprint density at radius 3 is 2.08 bits per heavy atom. The molecule has 26 heavy (non-hydrogen) atoms. The Balaban J connectivity index is 1.62. The third-order valence-corrected chi connectivity index (χ3v) is 6.38. The van der Waals surface area contributed by atoms with Crippen LogP contribution in [0.3, 0.4) is 0 Å². The fourth-order valence-electron chi connectivity index (χ4n) is 3.00. The molecule has 2 aromatic carbocycles. The van der Waals surface area contributed by atoms with E-state index in [1.54, 1.807) is 12.1 Å². The maximum absolute atomic E-state index is 12.6. The summed E-state index contributed by atoms with van der Waals surface area (Å²) in [6.07, 6.45) is 0. The van der Waals surface area contributed by atoms with Crippen LogP contribution in [0.25, 0.3) is 0 Å². The molecule has 1 saturated heterocycles. The minimum atomic E-state index is -3.36. The summed E-state index contributed by atoms with van der Waals surface area (Å²) in [5.41, 5.74) is 2.80. The molecule has 7 nitrogen and oxygen atoms in total. The second-order valence-corrected chi connectivity index (χ2v) is 8.37. The number of nitro groups is 1. The normalized spacial score (nSPS) is 15.8. The van der Waals surface area contributed by atoms with E-state index in [-0.39, 0.29) is 11.4 Å². The molecule has 0 aliphatic carbocycles. The first-order valence-corrected chi connectivity index (χ1v) is 9.99. The van der Waals surface area contributed by atoms with E-state index in [1.807, 2.05) is 36.1 Å². The van der Waals surface area contributed by atoms with Crippen molar-refractivity contribution >= 4 is 21.4 Å². The first-order valence-electron chi connectivity index (χ1n) is 8.38. The number of hydrogen-bond donors (Lipinski definition) is 0. The number of nitrogens with zero attached hydrogens (tertiary/aromatic N) is 3. The highest BCUT2D eigenvalue weighted by atomic mass is 32.2. The van der Waals surface area contributed by atoms with Crippen molar-refractivity contribution in [1.29, 1.82) is 0 Å². The Morgan fingerprint density at radius 1 is 0.962 bits per heavy atom. The van der Waals surface area contributed by atoms with Gasteiger partial charge < -0.3 is 4.90 Å². The number of hydrogen-bond acceptors (Lipinski definition) is 5. The lowest BCUT2D eigenvalue weighted by molar-refractivity contribution is -0.384. The number of nitro benzene ring substituents is 1. The van der Waals surface area contributed by atoms with Crippen LogP contribution in [0.4, 0.5) is 11.4 Å². The van der Waals surface area contributed by atoms with E-state index in [0.29, 0.717) is 26.2 Å². The van der Waals surface area contributed by atoms with Gasteiger partial charge in [0.1, 0.15) is 0 Å². The molecule has 1 aliphatic heterocycles. The zero-order valence-corrected chi connectivity index (χ0v) is 15.4. The molecule has 0 unspecified atom stereocenters. The Kier molecular flexibility index (Phi) is 5.24. The summed E-state index contributed by atoms with van der Waals surface area (Å²) < 4.78 is 26.8. The molecule has 8 heteroatoms. The highest BCUT2D eigenvalue weighted by Gasteiger charge is 2.27. The van der Waals surface area contributed by atoms with Gasteiger partial charge in [-0.15, -0.1) is 0 Å². The number of non-ortho nitro benzene ring substituents is 1. The molecule has 0 spiro atoms. The molecule has 1 fully saturated rings. The van der Waals surface area contributed by atoms with E-state index in [9.17, 15) is 18.5 Å². The second kappa shape index (κ2) is 7.43. The highest BCUT2D eigenvalue weighted by Crippen LogP contribution is 2.22. The van der Waals surface area contributed by atoms with Gasteiger partial charge in [-0.2, -0.15) is 4.31 Å². The molecule has 0 atom stereocenters. The molecule has 138 valence electrons. The van der Waals surface area contributed by atoms with Gasteiger partial charge in [0.25, 0.3) is 5.69 Å². The molecule has 0 radical (unpaired) electrons. The zero-order chi connectivity index (χ0) is 18.7. The highest BCUT2D eigenvalue weighted by molar-refractivity contribution is 7.88. The van der Waals surface area contributed by atoms with Gasteiger partial charge in [0, 0.05) is 44.0 Å². The number of rotatable bonds is 5. The van der Waals surface area contributed by atoms with Crippen LogP contribution in [0.1, 0.15) is 11.1 Å². The molecule has 0 saturated carbocycles. The van der Waals surface area contributed by atoms with Crippen molar-refractivity contribution in [2.45, 2.75) is 12.7 Å². The largest absolute Gasteiger partial charge is 0.369 e. The third kappa shape index (κ3) is 4.20. The van der Waals surface area contributed by atoms with Crippen LogP contribution in [-0.2, 0) is 15.8 Å². The summed E-state index contributed by atoms with van der Waals surface area (Å²) in [7, 11) is -3.36. The van der Waals surface area contributed by atoms with Crippen molar-refractivity contribution in [3.8, 4) is 0 Å². The number of aryl methyl sites for hydroxylation is 1. The lowest BCUT2D eigenvalue weighted by atomic mass is 10.2. The van der Waals surface area contributed by atoms with Crippen molar-refractivity contribution in [3.63, 3.8) is 0 Å². The Labute approximate surface area is 153 Å². The van der Waals surface area contributed by atoms with Crippen LogP contribution in [-0.4, -0.2) is 43.8 Å². The molecule has 3 rings (SSSR count). The molecule has 2 aromatic rings. The van der Waals surface area contributed by atoms with E-state index in [4.69, 9.17) is 0 Å². The van der Waals surface area contributed by atoms with Crippen LogP contribution in [0.2, 0.25) is 0 Å². The van der Waals surface area contributed by atoms with E-state index in [0.717, 1.165) is 16.8 Å². The van der Waals surface area contributed by atoms with Crippen molar-refractivity contribution in [2.75, 3.05) is 31.1 Å². The standard InChI is InChI=1S/C18H21N3O4S/c1-15-2-4-16(5-3-15)14-26(24,25)20-12-10-19(11-13-20)17-6-8-18(9-7-17)21(22)23/h2-9H,10-14H2,1H3. The fourth-order valence-corrected chi connectivity index (χ4v) is 4.51. The summed E-state index contributed by atoms with van der Waals surface area (Å²) in [4.78, 5) is 12.3. The third-order valence-electron chi connectivity index (χ3n) is 4.53. The monoisotopic (exact) mass is 375 g/mol. The summed E-state index contributed by atoms with van der Waals surface area (Å²) in [5.74, 6) is 0.00477. The molecular formula is C18H21N3O4S. The first kappa shape index (κ1) is 18.3. The maximum Gasteiger partial charge on any atom is 0.269 e. The molecule has 0 aromatic heterocycles. The molecule has 0 bridgehead atoms. The Morgan fingerprint density at radius 2 is 1.54 bits per heavy atom. The summed E-state index contributed by atoms with van der Waals surface area (Å²) >= 11 is 0. The lowest BCUT2D eigenvalue weighted by Crippen LogP contribution is -2.49. The second-order valence-electron chi connectivity index (χ2n) is 6.40. The molecule has 0 N–H and O–H groups in total. The first-order chi connectivity index (χ1) is 12.3. The molecule has 1 aliphatic rings. The number of anilines is 1. The average molecular weight is 375 g/mol. The van der Waals surface area contributed by atoms with Gasteiger partial charge in [-0.1, -0.05) is 29.8 Å². The van der Waals surface area contributed by atoms with Crippen molar-refractivity contribution < 1.29 is 13.3 Å². The summed E-state index contributed by atoms with van der Waals surface area (Å²) in [6, 6.07) is 13.9. The summed E-state index contributed by atoms with van der Waals surface area (Å²) in [5, 5.41) is 10.7. The lowest BCUT2D eigenvalue weighted by Gasteiger charge is -2.35. The SMILES string of the molecule is Cc1ccc(CS(=O)(=O)N2CCN(c3ccc([N+](=O)[O-])cc3)CC2)cc1. The quantitative estimate of drug-likeness (QED) is 0.592. The van der Waals surface area contributed by atoms with Gasteiger partial charge in [0.2, 0.25) is 10.0 Å². The topological polar surface area (TPSA) is 83.8 Å². The van der Waals surface area contributed by atoms with Gasteiger partial charge in [-0.25, -0.2) is 8.42 Å². The van der Waals surface area contributed by atoms with E-state index in [1.165, 1.54) is 16.4 Å². The van der Waals surface area contributed by atoms with E-state index >= 15 is 0 Å². The van der Waals surface area contributed by atoms with Crippen molar-refractivity contribution in [3.05, 3.63) is 69.8 Å². The number of sulfonamides is 1. The van der Waals surface area contributed by atoms with Crippen molar-refractivity contribution in [2.24, 2.45) is 0 Å². The van der Waals surface area contributed by atoms with Gasteiger partial charge in [0.05, 0.1) is 10.7 Å². The number of benzene rings is 2. The van der Waals surface area contributed by atoms with Gasteiger partial charge in [-0.3, -0.25) is 10.1 Å². The van der Waals surface area contributed by atoms with Gasteiger partial charge >= 0.3 is 0 Å². The molecule has 1 heterocycles.